The number of benzene rings is 1. The van der Waals surface area contributed by atoms with Gasteiger partial charge in [0.05, 0.1) is 0 Å². The highest BCUT2D eigenvalue weighted by Crippen LogP contribution is 2.21. The van der Waals surface area contributed by atoms with E-state index in [4.69, 9.17) is 5.73 Å². The van der Waals surface area contributed by atoms with Gasteiger partial charge < -0.3 is 10.8 Å². The van der Waals surface area contributed by atoms with Gasteiger partial charge in [-0.1, -0.05) is 25.1 Å². The second-order valence-corrected chi connectivity index (χ2v) is 3.30. The van der Waals surface area contributed by atoms with Crippen molar-refractivity contribution in [1.82, 2.24) is 0 Å². The molecule has 3 N–H and O–H groups in total. The van der Waals surface area contributed by atoms with Crippen LogP contribution in [0.4, 0.5) is 0 Å². The van der Waals surface area contributed by atoms with Crippen LogP contribution in [0.2, 0.25) is 0 Å². The molecule has 0 saturated heterocycles. The van der Waals surface area contributed by atoms with Gasteiger partial charge in [-0.3, -0.25) is 4.79 Å². The number of hydrogen-bond acceptors (Lipinski definition) is 2. The third-order valence-corrected chi connectivity index (χ3v) is 2.36. The summed E-state index contributed by atoms with van der Waals surface area (Å²) in [6.45, 7) is 3.94. The van der Waals surface area contributed by atoms with Gasteiger partial charge in [0.1, 0.15) is 0 Å². The third kappa shape index (κ3) is 1.93. The fourth-order valence-electron chi connectivity index (χ4n) is 1.62. The Balaban J connectivity index is 3.20. The molecule has 1 rings (SSSR count). The number of rotatable bonds is 3. The van der Waals surface area contributed by atoms with Crippen LogP contribution in [0.15, 0.2) is 18.2 Å². The van der Waals surface area contributed by atoms with Gasteiger partial charge in [-0.15, -0.1) is 0 Å². The van der Waals surface area contributed by atoms with E-state index in [0.717, 1.165) is 17.5 Å². The maximum atomic E-state index is 10.9. The first-order chi connectivity index (χ1) is 6.57. The minimum absolute atomic E-state index is 0.625. The number of amides is 1. The highest BCUT2D eigenvalue weighted by molar-refractivity contribution is 5.80. The van der Waals surface area contributed by atoms with Crippen molar-refractivity contribution in [2.75, 3.05) is 0 Å². The monoisotopic (exact) mass is 193 g/mol. The molecule has 0 aliphatic heterocycles. The lowest BCUT2D eigenvalue weighted by molar-refractivity contribution is -0.126. The Kier molecular flexibility index (Phi) is 3.25. The zero-order valence-corrected chi connectivity index (χ0v) is 8.45. The van der Waals surface area contributed by atoms with Gasteiger partial charge in [0.25, 0.3) is 5.91 Å². The standard InChI is InChI=1S/C11H15NO2/c1-3-8-7(2)5-4-6-9(8)10(13)11(12)14/h4-6,10,13H,3H2,1-2H3,(H2,12,14). The predicted molar refractivity (Wildman–Crippen MR) is 54.7 cm³/mol. The number of aliphatic hydroxyl groups is 1. The zero-order chi connectivity index (χ0) is 10.7. The maximum Gasteiger partial charge on any atom is 0.250 e. The topological polar surface area (TPSA) is 63.3 Å². The first kappa shape index (κ1) is 10.7. The molecule has 0 heterocycles. The Bertz CT molecular complexity index is 347. The van der Waals surface area contributed by atoms with Gasteiger partial charge >= 0.3 is 0 Å². The van der Waals surface area contributed by atoms with E-state index in [1.54, 1.807) is 6.07 Å². The van der Waals surface area contributed by atoms with E-state index in [2.05, 4.69) is 0 Å². The predicted octanol–water partition coefficient (Wildman–Crippen LogP) is 1.08. The quantitative estimate of drug-likeness (QED) is 0.754. The van der Waals surface area contributed by atoms with E-state index in [9.17, 15) is 9.90 Å². The summed E-state index contributed by atoms with van der Waals surface area (Å²) in [4.78, 5) is 10.9. The first-order valence-electron chi connectivity index (χ1n) is 4.63. The summed E-state index contributed by atoms with van der Waals surface area (Å²) in [7, 11) is 0. The Hall–Kier alpha value is -1.35. The molecule has 0 aliphatic rings. The van der Waals surface area contributed by atoms with Crippen molar-refractivity contribution >= 4 is 5.91 Å². The Morgan fingerprint density at radius 3 is 2.71 bits per heavy atom. The second kappa shape index (κ2) is 4.24. The molecule has 0 saturated carbocycles. The molecule has 0 aromatic heterocycles. The largest absolute Gasteiger partial charge is 0.378 e. The molecule has 1 aromatic carbocycles. The van der Waals surface area contributed by atoms with Crippen molar-refractivity contribution in [2.45, 2.75) is 26.4 Å². The zero-order valence-electron chi connectivity index (χ0n) is 8.45. The summed E-state index contributed by atoms with van der Waals surface area (Å²) in [5.74, 6) is -0.703. The van der Waals surface area contributed by atoms with Crippen molar-refractivity contribution in [2.24, 2.45) is 5.73 Å². The molecular formula is C11H15NO2. The van der Waals surface area contributed by atoms with Crippen molar-refractivity contribution in [3.8, 4) is 0 Å². The van der Waals surface area contributed by atoms with Gasteiger partial charge in [-0.2, -0.15) is 0 Å². The fraction of sp³-hybridized carbons (Fsp3) is 0.364. The molecule has 1 aromatic rings. The summed E-state index contributed by atoms with van der Waals surface area (Å²) in [5, 5.41) is 9.56. The molecule has 1 amide bonds. The summed E-state index contributed by atoms with van der Waals surface area (Å²) in [6.07, 6.45) is -0.406. The number of primary amides is 1. The van der Waals surface area contributed by atoms with Gasteiger partial charge in [0.15, 0.2) is 6.10 Å². The number of aliphatic hydroxyl groups excluding tert-OH is 1. The van der Waals surface area contributed by atoms with Crippen LogP contribution in [0.5, 0.6) is 0 Å². The average molecular weight is 193 g/mol. The number of nitrogens with two attached hydrogens (primary N) is 1. The molecule has 14 heavy (non-hydrogen) atoms. The molecule has 3 heteroatoms. The van der Waals surface area contributed by atoms with E-state index in [1.807, 2.05) is 26.0 Å². The lowest BCUT2D eigenvalue weighted by Crippen LogP contribution is -2.22. The number of carbonyl (C=O) groups excluding carboxylic acids is 1. The smallest absolute Gasteiger partial charge is 0.250 e. The minimum atomic E-state index is -1.19. The van der Waals surface area contributed by atoms with Crippen LogP contribution in [0, 0.1) is 6.92 Å². The first-order valence-corrected chi connectivity index (χ1v) is 4.63. The maximum absolute atomic E-state index is 10.9. The molecular weight excluding hydrogens is 178 g/mol. The van der Waals surface area contributed by atoms with E-state index in [0.29, 0.717) is 5.56 Å². The Morgan fingerprint density at radius 1 is 1.57 bits per heavy atom. The van der Waals surface area contributed by atoms with Crippen LogP contribution in [-0.4, -0.2) is 11.0 Å². The number of aryl methyl sites for hydroxylation is 1. The highest BCUT2D eigenvalue weighted by atomic mass is 16.3. The molecule has 1 atom stereocenters. The van der Waals surface area contributed by atoms with Crippen LogP contribution in [0.1, 0.15) is 29.7 Å². The summed E-state index contributed by atoms with van der Waals surface area (Å²) >= 11 is 0. The fourth-order valence-corrected chi connectivity index (χ4v) is 1.62. The van der Waals surface area contributed by atoms with Gasteiger partial charge in [0.2, 0.25) is 0 Å². The van der Waals surface area contributed by atoms with Crippen LogP contribution < -0.4 is 5.73 Å². The van der Waals surface area contributed by atoms with Gasteiger partial charge in [-0.05, 0) is 30.0 Å². The molecule has 0 fully saturated rings. The Labute approximate surface area is 83.6 Å². The van der Waals surface area contributed by atoms with Crippen molar-refractivity contribution in [3.63, 3.8) is 0 Å². The molecule has 0 aliphatic carbocycles. The minimum Gasteiger partial charge on any atom is -0.378 e. The summed E-state index contributed by atoms with van der Waals surface area (Å²) in [6, 6.07) is 5.51. The molecule has 76 valence electrons. The molecule has 1 unspecified atom stereocenters. The van der Waals surface area contributed by atoms with Crippen LogP contribution in [0.25, 0.3) is 0 Å². The SMILES string of the molecule is CCc1c(C)cccc1C(O)C(N)=O. The average Bonchev–Trinajstić information content (AvgIpc) is 2.16. The molecule has 0 radical (unpaired) electrons. The van der Waals surface area contributed by atoms with E-state index in [-0.39, 0.29) is 0 Å². The van der Waals surface area contributed by atoms with Gasteiger partial charge in [-0.25, -0.2) is 0 Å². The van der Waals surface area contributed by atoms with Crippen LogP contribution >= 0.6 is 0 Å². The number of hydrogen-bond donors (Lipinski definition) is 2. The van der Waals surface area contributed by atoms with Crippen LogP contribution in [0.3, 0.4) is 0 Å². The number of carbonyl (C=O) groups is 1. The molecule has 3 nitrogen and oxygen atoms in total. The van der Waals surface area contributed by atoms with Crippen molar-refractivity contribution in [1.29, 1.82) is 0 Å². The van der Waals surface area contributed by atoms with E-state index < -0.39 is 12.0 Å². The van der Waals surface area contributed by atoms with E-state index >= 15 is 0 Å². The van der Waals surface area contributed by atoms with E-state index in [1.165, 1.54) is 0 Å². The molecule has 0 spiro atoms. The molecule has 0 bridgehead atoms. The van der Waals surface area contributed by atoms with Crippen LogP contribution in [-0.2, 0) is 11.2 Å². The van der Waals surface area contributed by atoms with Crippen molar-refractivity contribution in [3.05, 3.63) is 34.9 Å². The van der Waals surface area contributed by atoms with Gasteiger partial charge in [0, 0.05) is 0 Å². The summed E-state index contributed by atoms with van der Waals surface area (Å²) in [5.41, 5.74) is 7.75. The normalized spacial score (nSPS) is 12.5. The lowest BCUT2D eigenvalue weighted by Gasteiger charge is -2.13. The lowest BCUT2D eigenvalue weighted by atomic mass is 9.96. The highest BCUT2D eigenvalue weighted by Gasteiger charge is 2.17. The Morgan fingerprint density at radius 2 is 2.21 bits per heavy atom. The summed E-state index contributed by atoms with van der Waals surface area (Å²) < 4.78 is 0. The van der Waals surface area contributed by atoms with Crippen molar-refractivity contribution < 1.29 is 9.90 Å². The third-order valence-electron chi connectivity index (χ3n) is 2.36. The second-order valence-electron chi connectivity index (χ2n) is 3.30.